The van der Waals surface area contributed by atoms with Crippen LogP contribution in [0.25, 0.3) is 0 Å². The van der Waals surface area contributed by atoms with E-state index in [-0.39, 0.29) is 23.9 Å². The van der Waals surface area contributed by atoms with Crippen molar-refractivity contribution in [2.45, 2.75) is 19.3 Å². The molecule has 1 aliphatic rings. The Labute approximate surface area is 123 Å². The number of likely N-dealkylation sites (tertiary alicyclic amines) is 1. The highest BCUT2D eigenvalue weighted by Crippen LogP contribution is 2.18. The molecule has 1 heterocycles. The lowest BCUT2D eigenvalue weighted by molar-refractivity contribution is -0.130. The van der Waals surface area contributed by atoms with Crippen LogP contribution in [0.5, 0.6) is 0 Å². The number of anilines is 1. The van der Waals surface area contributed by atoms with Crippen molar-refractivity contribution in [1.29, 1.82) is 0 Å². The smallest absolute Gasteiger partial charge is 0.253 e. The molecule has 1 saturated heterocycles. The van der Waals surface area contributed by atoms with E-state index in [9.17, 15) is 9.59 Å². The second-order valence-corrected chi connectivity index (χ2v) is 5.27. The van der Waals surface area contributed by atoms with E-state index >= 15 is 0 Å². The van der Waals surface area contributed by atoms with Gasteiger partial charge in [0.05, 0.1) is 17.1 Å². The third-order valence-corrected chi connectivity index (χ3v) is 3.67. The Morgan fingerprint density at radius 1 is 1.25 bits per heavy atom. The van der Waals surface area contributed by atoms with Crippen LogP contribution in [-0.4, -0.2) is 36.3 Å². The SMILES string of the molecule is Nc1ccc(Cl)c(C(=O)NCC(=O)N2CCCCC2)c1. The van der Waals surface area contributed by atoms with E-state index in [1.807, 2.05) is 0 Å². The predicted octanol–water partition coefficient (Wildman–Crippen LogP) is 1.66. The maximum atomic E-state index is 12.0. The maximum absolute atomic E-state index is 12.0. The molecule has 2 rings (SSSR count). The second-order valence-electron chi connectivity index (χ2n) is 4.86. The molecule has 1 aliphatic heterocycles. The minimum Gasteiger partial charge on any atom is -0.399 e. The molecule has 1 aromatic rings. The number of hydrogen-bond donors (Lipinski definition) is 2. The van der Waals surface area contributed by atoms with E-state index in [2.05, 4.69) is 5.32 Å². The molecule has 2 amide bonds. The highest BCUT2D eigenvalue weighted by molar-refractivity contribution is 6.34. The van der Waals surface area contributed by atoms with Gasteiger partial charge in [-0.3, -0.25) is 9.59 Å². The Hall–Kier alpha value is -1.75. The molecule has 0 spiro atoms. The fourth-order valence-electron chi connectivity index (χ4n) is 2.22. The zero-order chi connectivity index (χ0) is 14.5. The van der Waals surface area contributed by atoms with Crippen LogP contribution in [0.1, 0.15) is 29.6 Å². The lowest BCUT2D eigenvalue weighted by Gasteiger charge is -2.26. The van der Waals surface area contributed by atoms with Gasteiger partial charge in [0, 0.05) is 18.8 Å². The third-order valence-electron chi connectivity index (χ3n) is 3.34. The zero-order valence-corrected chi connectivity index (χ0v) is 11.9. The first-order valence-corrected chi connectivity index (χ1v) is 7.07. The van der Waals surface area contributed by atoms with E-state index in [1.165, 1.54) is 6.07 Å². The Balaban J connectivity index is 1.91. The number of halogens is 1. The van der Waals surface area contributed by atoms with E-state index < -0.39 is 0 Å². The summed E-state index contributed by atoms with van der Waals surface area (Å²) in [7, 11) is 0. The van der Waals surface area contributed by atoms with Gasteiger partial charge in [-0.25, -0.2) is 0 Å². The van der Waals surface area contributed by atoms with Crippen LogP contribution >= 0.6 is 11.6 Å². The average Bonchev–Trinajstić information content (AvgIpc) is 2.47. The van der Waals surface area contributed by atoms with Crippen molar-refractivity contribution in [3.05, 3.63) is 28.8 Å². The van der Waals surface area contributed by atoms with Crippen LogP contribution in [0, 0.1) is 0 Å². The molecule has 0 aromatic heterocycles. The van der Waals surface area contributed by atoms with Crippen molar-refractivity contribution >= 4 is 29.1 Å². The third kappa shape index (κ3) is 3.63. The van der Waals surface area contributed by atoms with Gasteiger partial charge in [-0.15, -0.1) is 0 Å². The molecule has 6 heteroatoms. The topological polar surface area (TPSA) is 75.4 Å². The van der Waals surface area contributed by atoms with Crippen molar-refractivity contribution < 1.29 is 9.59 Å². The summed E-state index contributed by atoms with van der Waals surface area (Å²) in [6, 6.07) is 4.69. The van der Waals surface area contributed by atoms with Crippen LogP contribution in [0.15, 0.2) is 18.2 Å². The summed E-state index contributed by atoms with van der Waals surface area (Å²) < 4.78 is 0. The van der Waals surface area contributed by atoms with Gasteiger partial charge < -0.3 is 16.0 Å². The largest absolute Gasteiger partial charge is 0.399 e. The van der Waals surface area contributed by atoms with Crippen LogP contribution in [0.4, 0.5) is 5.69 Å². The van der Waals surface area contributed by atoms with Crippen molar-refractivity contribution in [2.75, 3.05) is 25.4 Å². The first-order chi connectivity index (χ1) is 9.58. The lowest BCUT2D eigenvalue weighted by Crippen LogP contribution is -2.42. The van der Waals surface area contributed by atoms with E-state index in [0.717, 1.165) is 32.4 Å². The van der Waals surface area contributed by atoms with Gasteiger partial charge in [0.1, 0.15) is 0 Å². The number of amides is 2. The monoisotopic (exact) mass is 295 g/mol. The molecule has 3 N–H and O–H groups in total. The van der Waals surface area contributed by atoms with Gasteiger partial charge in [0.2, 0.25) is 5.91 Å². The summed E-state index contributed by atoms with van der Waals surface area (Å²) >= 11 is 5.94. The maximum Gasteiger partial charge on any atom is 0.253 e. The molecule has 0 saturated carbocycles. The molecule has 108 valence electrons. The van der Waals surface area contributed by atoms with Crippen molar-refractivity contribution in [3.63, 3.8) is 0 Å². The fraction of sp³-hybridized carbons (Fsp3) is 0.429. The second kappa shape index (κ2) is 6.61. The number of carbonyl (C=O) groups is 2. The van der Waals surface area contributed by atoms with Crippen LogP contribution in [0.2, 0.25) is 5.02 Å². The summed E-state index contributed by atoms with van der Waals surface area (Å²) in [6.45, 7) is 1.53. The highest BCUT2D eigenvalue weighted by Gasteiger charge is 2.18. The first kappa shape index (κ1) is 14.7. The van der Waals surface area contributed by atoms with E-state index in [1.54, 1.807) is 17.0 Å². The minimum atomic E-state index is -0.382. The molecule has 0 aliphatic carbocycles. The molecule has 5 nitrogen and oxygen atoms in total. The van der Waals surface area contributed by atoms with Crippen LogP contribution < -0.4 is 11.1 Å². The molecule has 1 fully saturated rings. The number of nitrogens with zero attached hydrogens (tertiary/aromatic N) is 1. The standard InChI is InChI=1S/C14H18ClN3O2/c15-12-5-4-10(16)8-11(12)14(20)17-9-13(19)18-6-2-1-3-7-18/h4-5,8H,1-3,6-7,9,16H2,(H,17,20). The van der Waals surface area contributed by atoms with Crippen molar-refractivity contribution in [1.82, 2.24) is 10.2 Å². The summed E-state index contributed by atoms with van der Waals surface area (Å²) in [5, 5.41) is 2.92. The number of piperidine rings is 1. The summed E-state index contributed by atoms with van der Waals surface area (Å²) in [4.78, 5) is 25.7. The molecular weight excluding hydrogens is 278 g/mol. The van der Waals surface area contributed by atoms with Gasteiger partial charge in [0.15, 0.2) is 0 Å². The Kier molecular flexibility index (Phi) is 4.84. The Morgan fingerprint density at radius 3 is 2.65 bits per heavy atom. The summed E-state index contributed by atoms with van der Waals surface area (Å²) in [5.74, 6) is -0.439. The van der Waals surface area contributed by atoms with Crippen LogP contribution in [-0.2, 0) is 4.79 Å². The average molecular weight is 296 g/mol. The number of nitrogens with one attached hydrogen (secondary N) is 1. The number of rotatable bonds is 3. The molecule has 0 atom stereocenters. The number of nitrogens with two attached hydrogens (primary N) is 1. The molecular formula is C14H18ClN3O2. The normalized spacial score (nSPS) is 14.9. The van der Waals surface area contributed by atoms with Crippen molar-refractivity contribution in [3.8, 4) is 0 Å². The van der Waals surface area contributed by atoms with Gasteiger partial charge >= 0.3 is 0 Å². The van der Waals surface area contributed by atoms with Gasteiger partial charge in [-0.2, -0.15) is 0 Å². The van der Waals surface area contributed by atoms with Gasteiger partial charge in [0.25, 0.3) is 5.91 Å². The molecule has 1 aromatic carbocycles. The summed E-state index contributed by atoms with van der Waals surface area (Å²) in [6.07, 6.45) is 3.22. The van der Waals surface area contributed by atoms with Crippen LogP contribution in [0.3, 0.4) is 0 Å². The minimum absolute atomic E-state index is 0.00996. The highest BCUT2D eigenvalue weighted by atomic mass is 35.5. The fourth-order valence-corrected chi connectivity index (χ4v) is 2.43. The van der Waals surface area contributed by atoms with Gasteiger partial charge in [-0.05, 0) is 37.5 Å². The molecule has 0 bridgehead atoms. The zero-order valence-electron chi connectivity index (χ0n) is 11.2. The van der Waals surface area contributed by atoms with E-state index in [4.69, 9.17) is 17.3 Å². The molecule has 20 heavy (non-hydrogen) atoms. The first-order valence-electron chi connectivity index (χ1n) is 6.69. The van der Waals surface area contributed by atoms with E-state index in [0.29, 0.717) is 10.7 Å². The predicted molar refractivity (Wildman–Crippen MR) is 78.6 cm³/mol. The number of nitrogen functional groups attached to an aromatic ring is 1. The lowest BCUT2D eigenvalue weighted by atomic mass is 10.1. The van der Waals surface area contributed by atoms with Crippen molar-refractivity contribution in [2.24, 2.45) is 0 Å². The summed E-state index contributed by atoms with van der Waals surface area (Å²) in [5.41, 5.74) is 6.37. The number of carbonyl (C=O) groups excluding carboxylic acids is 2. The number of benzene rings is 1. The Morgan fingerprint density at radius 2 is 1.95 bits per heavy atom. The Bertz CT molecular complexity index is 513. The molecule has 0 radical (unpaired) electrons. The van der Waals surface area contributed by atoms with Gasteiger partial charge in [-0.1, -0.05) is 11.6 Å². The molecule has 0 unspecified atom stereocenters. The number of hydrogen-bond acceptors (Lipinski definition) is 3. The quantitative estimate of drug-likeness (QED) is 0.833.